The second-order valence-electron chi connectivity index (χ2n) is 13.0. The summed E-state index contributed by atoms with van der Waals surface area (Å²) in [6.07, 6.45) is -0.232. The first-order valence-corrected chi connectivity index (χ1v) is 18.7. The topological polar surface area (TPSA) is 41.7 Å². The lowest BCUT2D eigenvalue weighted by Gasteiger charge is -2.23. The summed E-state index contributed by atoms with van der Waals surface area (Å²) in [4.78, 5) is 10.1. The molecule has 4 nitrogen and oxygen atoms in total. The van der Waals surface area contributed by atoms with Crippen LogP contribution < -0.4 is 5.32 Å². The Morgan fingerprint density at radius 2 is 1.06 bits per heavy atom. The molecule has 0 saturated heterocycles. The largest absolute Gasteiger partial charge is 0.344 e. The molecule has 1 unspecified atom stereocenters. The van der Waals surface area contributed by atoms with Gasteiger partial charge in [0.15, 0.2) is 5.84 Å². The zero-order valence-electron chi connectivity index (χ0n) is 27.2. The van der Waals surface area contributed by atoms with Gasteiger partial charge in [0, 0.05) is 67.9 Å². The maximum absolute atomic E-state index is 5.09. The quantitative estimate of drug-likeness (QED) is 0.196. The van der Waals surface area contributed by atoms with Crippen molar-refractivity contribution in [3.05, 3.63) is 174 Å². The number of aliphatic imine (C=N–C) groups is 2. The third-order valence-corrected chi connectivity index (χ3v) is 12.3. The van der Waals surface area contributed by atoms with Crippen molar-refractivity contribution in [2.45, 2.75) is 6.17 Å². The van der Waals surface area contributed by atoms with E-state index in [0.717, 1.165) is 28.4 Å². The smallest absolute Gasteiger partial charge is 0.159 e. The van der Waals surface area contributed by atoms with Crippen LogP contribution in [0.25, 0.3) is 67.8 Å². The molecule has 1 atom stereocenters. The summed E-state index contributed by atoms with van der Waals surface area (Å²) < 4.78 is 7.60. The predicted octanol–water partition coefficient (Wildman–Crippen LogP) is 12.0. The number of aromatic nitrogens is 1. The Kier molecular flexibility index (Phi) is 6.32. The molecule has 1 aliphatic rings. The summed E-state index contributed by atoms with van der Waals surface area (Å²) in [6, 6.07) is 56.6. The number of hydrogen-bond acceptors (Lipinski definition) is 5. The SMILES string of the molecule is c1ccc(C2=NC(c3ccccc3)NC(c3ccc4sc5cc6sc7ccc(-n8c9ccccc9c9ccccc98)cc7c6cc5c4c3)=N2)cc1. The Morgan fingerprint density at radius 1 is 0.471 bits per heavy atom. The van der Waals surface area contributed by atoms with Gasteiger partial charge in [-0.25, -0.2) is 9.98 Å². The molecule has 1 N–H and O–H groups in total. The monoisotopic (exact) mass is 688 g/mol. The van der Waals surface area contributed by atoms with E-state index in [-0.39, 0.29) is 6.17 Å². The standard InChI is InChI=1S/C45H28N4S2/c1-3-11-27(12-4-1)43-46-44(28-13-5-2-6-14-28)48-45(47-43)29-19-21-39-33(23-29)35-25-36-34-24-30(20-22-40(34)51-42(36)26-41(35)50-39)49-37-17-9-7-15-31(37)32-16-8-10-18-38(32)49/h1-26,43H,(H,46,47,48). The van der Waals surface area contributed by atoms with E-state index < -0.39 is 0 Å². The van der Waals surface area contributed by atoms with Gasteiger partial charge >= 0.3 is 0 Å². The fraction of sp³-hybridized carbons (Fsp3) is 0.0222. The lowest BCUT2D eigenvalue weighted by atomic mass is 10.0. The molecule has 4 heterocycles. The van der Waals surface area contributed by atoms with Crippen molar-refractivity contribution in [1.29, 1.82) is 0 Å². The van der Waals surface area contributed by atoms with Crippen molar-refractivity contribution >= 4 is 96.5 Å². The minimum atomic E-state index is -0.232. The van der Waals surface area contributed by atoms with E-state index in [2.05, 4.69) is 143 Å². The molecule has 51 heavy (non-hydrogen) atoms. The highest BCUT2D eigenvalue weighted by Crippen LogP contribution is 2.43. The van der Waals surface area contributed by atoms with Crippen LogP contribution in [-0.2, 0) is 0 Å². The molecular weight excluding hydrogens is 661 g/mol. The number of para-hydroxylation sites is 2. The zero-order chi connectivity index (χ0) is 33.5. The Morgan fingerprint density at radius 3 is 1.76 bits per heavy atom. The second kappa shape index (κ2) is 11.2. The van der Waals surface area contributed by atoms with Gasteiger partial charge in [-0.05, 0) is 66.2 Å². The van der Waals surface area contributed by atoms with Crippen LogP contribution in [0.4, 0.5) is 0 Å². The molecule has 3 aromatic heterocycles. The van der Waals surface area contributed by atoms with Crippen molar-refractivity contribution < 1.29 is 0 Å². The summed E-state index contributed by atoms with van der Waals surface area (Å²) in [5.41, 5.74) is 6.80. The maximum atomic E-state index is 5.09. The van der Waals surface area contributed by atoms with Gasteiger partial charge in [-0.3, -0.25) is 0 Å². The minimum absolute atomic E-state index is 0.232. The number of rotatable bonds is 4. The van der Waals surface area contributed by atoms with Crippen molar-refractivity contribution in [2.75, 3.05) is 0 Å². The Labute approximate surface area is 301 Å². The van der Waals surface area contributed by atoms with Crippen LogP contribution in [-0.4, -0.2) is 16.2 Å². The third-order valence-electron chi connectivity index (χ3n) is 10.0. The summed E-state index contributed by atoms with van der Waals surface area (Å²) in [5, 5.41) is 11.3. The molecule has 7 aromatic carbocycles. The van der Waals surface area contributed by atoms with E-state index in [1.54, 1.807) is 0 Å². The summed E-state index contributed by atoms with van der Waals surface area (Å²) in [6.45, 7) is 0. The molecule has 0 radical (unpaired) electrons. The van der Waals surface area contributed by atoms with Crippen LogP contribution in [0.3, 0.4) is 0 Å². The molecule has 10 aromatic rings. The van der Waals surface area contributed by atoms with E-state index in [1.165, 1.54) is 67.8 Å². The minimum Gasteiger partial charge on any atom is -0.344 e. The number of amidine groups is 2. The lowest BCUT2D eigenvalue weighted by Crippen LogP contribution is -2.33. The number of nitrogens with one attached hydrogen (secondary N) is 1. The summed E-state index contributed by atoms with van der Waals surface area (Å²) >= 11 is 3.74. The van der Waals surface area contributed by atoms with Gasteiger partial charge in [-0.2, -0.15) is 0 Å². The van der Waals surface area contributed by atoms with E-state index in [1.807, 2.05) is 46.9 Å². The van der Waals surface area contributed by atoms with Crippen molar-refractivity contribution in [3.63, 3.8) is 0 Å². The summed E-state index contributed by atoms with van der Waals surface area (Å²) in [7, 11) is 0. The highest BCUT2D eigenvalue weighted by Gasteiger charge is 2.22. The van der Waals surface area contributed by atoms with E-state index in [9.17, 15) is 0 Å². The maximum Gasteiger partial charge on any atom is 0.159 e. The van der Waals surface area contributed by atoms with Gasteiger partial charge in [0.2, 0.25) is 0 Å². The first kappa shape index (κ1) is 28.7. The fourth-order valence-corrected chi connectivity index (χ4v) is 9.93. The van der Waals surface area contributed by atoms with E-state index in [0.29, 0.717) is 0 Å². The van der Waals surface area contributed by atoms with Crippen LogP contribution in [0, 0.1) is 0 Å². The van der Waals surface area contributed by atoms with Crippen LogP contribution in [0.15, 0.2) is 168 Å². The van der Waals surface area contributed by atoms with Crippen LogP contribution >= 0.6 is 22.7 Å². The average molecular weight is 689 g/mol. The van der Waals surface area contributed by atoms with Crippen molar-refractivity contribution in [1.82, 2.24) is 9.88 Å². The fourth-order valence-electron chi connectivity index (χ4n) is 7.64. The number of nitrogens with zero attached hydrogens (tertiary/aromatic N) is 3. The molecule has 0 amide bonds. The summed E-state index contributed by atoms with van der Waals surface area (Å²) in [5.74, 6) is 1.57. The highest BCUT2D eigenvalue weighted by molar-refractivity contribution is 7.28. The van der Waals surface area contributed by atoms with E-state index in [4.69, 9.17) is 9.98 Å². The molecule has 6 heteroatoms. The zero-order valence-corrected chi connectivity index (χ0v) is 28.9. The molecule has 0 aliphatic carbocycles. The Balaban J connectivity index is 1.07. The number of fused-ring (bicyclic) bond motifs is 9. The lowest BCUT2D eigenvalue weighted by molar-refractivity contribution is 0.674. The number of hydrogen-bond donors (Lipinski definition) is 1. The van der Waals surface area contributed by atoms with Gasteiger partial charge in [-0.15, -0.1) is 22.7 Å². The van der Waals surface area contributed by atoms with Crippen LogP contribution in [0.1, 0.15) is 22.9 Å². The second-order valence-corrected chi connectivity index (χ2v) is 15.2. The van der Waals surface area contributed by atoms with Crippen molar-refractivity contribution in [2.24, 2.45) is 9.98 Å². The van der Waals surface area contributed by atoms with Crippen LogP contribution in [0.5, 0.6) is 0 Å². The molecule has 0 fully saturated rings. The van der Waals surface area contributed by atoms with Gasteiger partial charge in [0.1, 0.15) is 12.0 Å². The molecule has 0 bridgehead atoms. The van der Waals surface area contributed by atoms with E-state index >= 15 is 0 Å². The van der Waals surface area contributed by atoms with Crippen LogP contribution in [0.2, 0.25) is 0 Å². The third kappa shape index (κ3) is 4.57. The Hall–Kier alpha value is -6.08. The number of benzene rings is 7. The molecule has 240 valence electrons. The molecule has 0 spiro atoms. The van der Waals surface area contributed by atoms with Crippen molar-refractivity contribution in [3.8, 4) is 5.69 Å². The highest BCUT2D eigenvalue weighted by atomic mass is 32.1. The first-order chi connectivity index (χ1) is 25.2. The molecule has 11 rings (SSSR count). The van der Waals surface area contributed by atoms with Gasteiger partial charge < -0.3 is 9.88 Å². The van der Waals surface area contributed by atoms with Gasteiger partial charge in [0.05, 0.1) is 11.0 Å². The van der Waals surface area contributed by atoms with Gasteiger partial charge in [-0.1, -0.05) is 97.1 Å². The normalized spacial score (nSPS) is 14.9. The average Bonchev–Trinajstić information content (AvgIpc) is 3.85. The molecule has 1 aliphatic heterocycles. The molecular formula is C45H28N4S2. The Bertz CT molecular complexity index is 3000. The van der Waals surface area contributed by atoms with Gasteiger partial charge in [0.25, 0.3) is 0 Å². The number of thiophene rings is 2. The molecule has 0 saturated carbocycles. The first-order valence-electron chi connectivity index (χ1n) is 17.1. The predicted molar refractivity (Wildman–Crippen MR) is 218 cm³/mol.